The van der Waals surface area contributed by atoms with Crippen molar-refractivity contribution in [2.24, 2.45) is 5.92 Å². The number of rotatable bonds is 4. The number of aliphatic carboxylic acids is 1. The highest BCUT2D eigenvalue weighted by atomic mass is 32.2. The SMILES string of the molecule is CC(CSC1CCCCC1)C(=O)O. The fourth-order valence-corrected chi connectivity index (χ4v) is 2.95. The van der Waals surface area contributed by atoms with Crippen molar-refractivity contribution in [1.82, 2.24) is 0 Å². The highest BCUT2D eigenvalue weighted by molar-refractivity contribution is 7.99. The molecule has 3 heteroatoms. The first-order chi connectivity index (χ1) is 6.20. The summed E-state index contributed by atoms with van der Waals surface area (Å²) in [5.74, 6) is -0.0739. The summed E-state index contributed by atoms with van der Waals surface area (Å²) in [6.07, 6.45) is 6.61. The largest absolute Gasteiger partial charge is 0.481 e. The molecule has 0 spiro atoms. The van der Waals surface area contributed by atoms with E-state index in [-0.39, 0.29) is 5.92 Å². The molecule has 1 atom stereocenters. The van der Waals surface area contributed by atoms with Gasteiger partial charge in [-0.15, -0.1) is 0 Å². The first-order valence-corrected chi connectivity index (χ1v) is 6.09. The summed E-state index contributed by atoms with van der Waals surface area (Å²) in [5.41, 5.74) is 0. The fraction of sp³-hybridized carbons (Fsp3) is 0.900. The zero-order chi connectivity index (χ0) is 9.68. The van der Waals surface area contributed by atoms with Gasteiger partial charge in [0, 0.05) is 11.0 Å². The third-order valence-electron chi connectivity index (χ3n) is 2.56. The predicted octanol–water partition coefficient (Wildman–Crippen LogP) is 2.77. The Morgan fingerprint density at radius 3 is 2.62 bits per heavy atom. The van der Waals surface area contributed by atoms with Gasteiger partial charge in [0.1, 0.15) is 0 Å². The van der Waals surface area contributed by atoms with Crippen LogP contribution in [-0.2, 0) is 4.79 Å². The number of carboxylic acid groups (broad SMARTS) is 1. The summed E-state index contributed by atoms with van der Waals surface area (Å²) in [6, 6.07) is 0. The smallest absolute Gasteiger partial charge is 0.307 e. The van der Waals surface area contributed by atoms with Crippen molar-refractivity contribution in [3.8, 4) is 0 Å². The summed E-state index contributed by atoms with van der Waals surface area (Å²) in [7, 11) is 0. The molecule has 0 saturated heterocycles. The van der Waals surface area contributed by atoms with Crippen molar-refractivity contribution in [3.63, 3.8) is 0 Å². The first kappa shape index (κ1) is 10.9. The molecule has 0 bridgehead atoms. The zero-order valence-electron chi connectivity index (χ0n) is 8.16. The molecule has 1 rings (SSSR count). The van der Waals surface area contributed by atoms with E-state index in [9.17, 15) is 4.79 Å². The molecule has 1 aliphatic carbocycles. The Morgan fingerprint density at radius 1 is 1.46 bits per heavy atom. The van der Waals surface area contributed by atoms with Gasteiger partial charge in [0.05, 0.1) is 5.92 Å². The Bertz CT molecular complexity index is 164. The van der Waals surface area contributed by atoms with Gasteiger partial charge in [-0.1, -0.05) is 26.2 Å². The predicted molar refractivity (Wildman–Crippen MR) is 56.1 cm³/mol. The van der Waals surface area contributed by atoms with Gasteiger partial charge in [-0.05, 0) is 12.8 Å². The van der Waals surface area contributed by atoms with Crippen molar-refractivity contribution in [1.29, 1.82) is 0 Å². The molecular weight excluding hydrogens is 184 g/mol. The first-order valence-electron chi connectivity index (χ1n) is 5.04. The maximum atomic E-state index is 10.6. The Morgan fingerprint density at radius 2 is 2.08 bits per heavy atom. The Hall–Kier alpha value is -0.180. The van der Waals surface area contributed by atoms with Crippen molar-refractivity contribution in [2.45, 2.75) is 44.3 Å². The van der Waals surface area contributed by atoms with Crippen LogP contribution in [-0.4, -0.2) is 22.1 Å². The van der Waals surface area contributed by atoms with Crippen LogP contribution in [0.25, 0.3) is 0 Å². The van der Waals surface area contributed by atoms with E-state index in [0.717, 1.165) is 11.0 Å². The molecule has 0 radical (unpaired) electrons. The van der Waals surface area contributed by atoms with Crippen LogP contribution in [0.2, 0.25) is 0 Å². The van der Waals surface area contributed by atoms with E-state index >= 15 is 0 Å². The highest BCUT2D eigenvalue weighted by Gasteiger charge is 2.17. The lowest BCUT2D eigenvalue weighted by Crippen LogP contribution is -2.16. The monoisotopic (exact) mass is 202 g/mol. The van der Waals surface area contributed by atoms with Crippen LogP contribution in [0.4, 0.5) is 0 Å². The Balaban J connectivity index is 2.13. The van der Waals surface area contributed by atoms with Crippen molar-refractivity contribution >= 4 is 17.7 Å². The molecule has 2 nitrogen and oxygen atoms in total. The van der Waals surface area contributed by atoms with E-state index in [4.69, 9.17) is 5.11 Å². The minimum atomic E-state index is -0.664. The zero-order valence-corrected chi connectivity index (χ0v) is 8.98. The molecule has 0 amide bonds. The normalized spacial score (nSPS) is 21.3. The molecule has 1 N–H and O–H groups in total. The molecule has 0 heterocycles. The van der Waals surface area contributed by atoms with Crippen LogP contribution >= 0.6 is 11.8 Å². The van der Waals surface area contributed by atoms with E-state index in [0.29, 0.717) is 0 Å². The lowest BCUT2D eigenvalue weighted by molar-refractivity contribution is -0.140. The lowest BCUT2D eigenvalue weighted by atomic mass is 10.0. The minimum Gasteiger partial charge on any atom is -0.481 e. The average Bonchev–Trinajstić information content (AvgIpc) is 2.15. The molecule has 1 unspecified atom stereocenters. The number of carboxylic acids is 1. The summed E-state index contributed by atoms with van der Waals surface area (Å²) < 4.78 is 0. The van der Waals surface area contributed by atoms with Crippen LogP contribution in [0.3, 0.4) is 0 Å². The summed E-state index contributed by atoms with van der Waals surface area (Å²) in [5, 5.41) is 9.43. The van der Waals surface area contributed by atoms with Gasteiger partial charge in [0.2, 0.25) is 0 Å². The maximum absolute atomic E-state index is 10.6. The average molecular weight is 202 g/mol. The Labute approximate surface area is 84.1 Å². The molecule has 0 aromatic carbocycles. The molecule has 76 valence electrons. The van der Waals surface area contributed by atoms with Crippen molar-refractivity contribution < 1.29 is 9.90 Å². The van der Waals surface area contributed by atoms with E-state index in [1.807, 2.05) is 11.8 Å². The number of hydrogen-bond donors (Lipinski definition) is 1. The molecule has 13 heavy (non-hydrogen) atoms. The second kappa shape index (κ2) is 5.53. The molecule has 0 aliphatic heterocycles. The van der Waals surface area contributed by atoms with E-state index in [1.165, 1.54) is 32.1 Å². The van der Waals surface area contributed by atoms with E-state index in [1.54, 1.807) is 6.92 Å². The molecule has 0 aromatic rings. The summed E-state index contributed by atoms with van der Waals surface area (Å²) in [6.45, 7) is 1.79. The van der Waals surface area contributed by atoms with Gasteiger partial charge in [0.15, 0.2) is 0 Å². The summed E-state index contributed by atoms with van der Waals surface area (Å²) >= 11 is 1.85. The number of carbonyl (C=O) groups is 1. The topological polar surface area (TPSA) is 37.3 Å². The van der Waals surface area contributed by atoms with Crippen LogP contribution < -0.4 is 0 Å². The van der Waals surface area contributed by atoms with Gasteiger partial charge in [-0.25, -0.2) is 0 Å². The van der Waals surface area contributed by atoms with Gasteiger partial charge >= 0.3 is 5.97 Å². The van der Waals surface area contributed by atoms with Crippen LogP contribution in [0, 0.1) is 5.92 Å². The molecule has 1 saturated carbocycles. The van der Waals surface area contributed by atoms with Gasteiger partial charge in [-0.3, -0.25) is 4.79 Å². The van der Waals surface area contributed by atoms with Crippen LogP contribution in [0.15, 0.2) is 0 Å². The quantitative estimate of drug-likeness (QED) is 0.761. The van der Waals surface area contributed by atoms with Gasteiger partial charge in [-0.2, -0.15) is 11.8 Å². The van der Waals surface area contributed by atoms with E-state index in [2.05, 4.69) is 0 Å². The lowest BCUT2D eigenvalue weighted by Gasteiger charge is -2.21. The molecular formula is C10H18O2S. The molecule has 1 fully saturated rings. The maximum Gasteiger partial charge on any atom is 0.307 e. The number of thioether (sulfide) groups is 1. The van der Waals surface area contributed by atoms with Crippen molar-refractivity contribution in [3.05, 3.63) is 0 Å². The van der Waals surface area contributed by atoms with E-state index < -0.39 is 5.97 Å². The standard InChI is InChI=1S/C10H18O2S/c1-8(10(11)12)7-13-9-5-3-2-4-6-9/h8-9H,2-7H2,1H3,(H,11,12). The third-order valence-corrected chi connectivity index (χ3v) is 4.19. The van der Waals surface area contributed by atoms with Gasteiger partial charge < -0.3 is 5.11 Å². The second-order valence-corrected chi connectivity index (χ2v) is 5.17. The highest BCUT2D eigenvalue weighted by Crippen LogP contribution is 2.29. The third kappa shape index (κ3) is 4.03. The fourth-order valence-electron chi connectivity index (χ4n) is 1.58. The molecule has 1 aliphatic rings. The summed E-state index contributed by atoms with van der Waals surface area (Å²) in [4.78, 5) is 10.6. The molecule has 0 aromatic heterocycles. The Kier molecular flexibility index (Phi) is 4.64. The van der Waals surface area contributed by atoms with Crippen LogP contribution in [0.5, 0.6) is 0 Å². The second-order valence-electron chi connectivity index (χ2n) is 3.83. The van der Waals surface area contributed by atoms with Crippen LogP contribution in [0.1, 0.15) is 39.0 Å². The minimum absolute atomic E-state index is 0.188. The van der Waals surface area contributed by atoms with Gasteiger partial charge in [0.25, 0.3) is 0 Å². The number of hydrogen-bond acceptors (Lipinski definition) is 2. The van der Waals surface area contributed by atoms with Crippen molar-refractivity contribution in [2.75, 3.05) is 5.75 Å².